The third-order valence-electron chi connectivity index (χ3n) is 2.90. The summed E-state index contributed by atoms with van der Waals surface area (Å²) in [5.41, 5.74) is -1.14. The highest BCUT2D eigenvalue weighted by molar-refractivity contribution is 4.99. The third kappa shape index (κ3) is 2.58. The third-order valence-corrected chi connectivity index (χ3v) is 2.90. The van der Waals surface area contributed by atoms with Crippen molar-refractivity contribution in [3.8, 4) is 0 Å². The fraction of sp³-hybridized carbons (Fsp3) is 0.818. The molecule has 1 N–H and O–H groups in total. The number of hydrogen-bond donors (Lipinski definition) is 1. The SMILES string of the molecule is CC(C)Cn1ncnc1CC1(F)CCNC1. The second-order valence-corrected chi connectivity index (χ2v) is 5.01. The minimum Gasteiger partial charge on any atom is -0.313 e. The Morgan fingerprint density at radius 3 is 3.06 bits per heavy atom. The van der Waals surface area contributed by atoms with Gasteiger partial charge in [0.15, 0.2) is 0 Å². The Bertz CT molecular complexity index is 342. The van der Waals surface area contributed by atoms with Gasteiger partial charge in [-0.05, 0) is 18.9 Å². The van der Waals surface area contributed by atoms with Crippen molar-refractivity contribution in [2.75, 3.05) is 13.1 Å². The van der Waals surface area contributed by atoms with E-state index in [2.05, 4.69) is 29.2 Å². The summed E-state index contributed by atoms with van der Waals surface area (Å²) in [4.78, 5) is 4.16. The zero-order valence-corrected chi connectivity index (χ0v) is 9.91. The van der Waals surface area contributed by atoms with Crippen molar-refractivity contribution in [1.29, 1.82) is 0 Å². The predicted octanol–water partition coefficient (Wildman–Crippen LogP) is 1.18. The number of rotatable bonds is 4. The van der Waals surface area contributed by atoms with E-state index in [4.69, 9.17) is 0 Å². The molecule has 0 saturated carbocycles. The Balaban J connectivity index is 2.06. The highest BCUT2D eigenvalue weighted by Gasteiger charge is 2.35. The van der Waals surface area contributed by atoms with Crippen molar-refractivity contribution >= 4 is 0 Å². The summed E-state index contributed by atoms with van der Waals surface area (Å²) in [5.74, 6) is 1.26. The van der Waals surface area contributed by atoms with Gasteiger partial charge < -0.3 is 5.32 Å². The normalized spacial score (nSPS) is 25.5. The maximum absolute atomic E-state index is 14.2. The summed E-state index contributed by atoms with van der Waals surface area (Å²) < 4.78 is 16.1. The number of nitrogens with zero attached hydrogens (tertiary/aromatic N) is 3. The minimum absolute atomic E-state index is 0.368. The molecule has 0 amide bonds. The fourth-order valence-electron chi connectivity index (χ4n) is 2.07. The van der Waals surface area contributed by atoms with Crippen LogP contribution < -0.4 is 5.32 Å². The largest absolute Gasteiger partial charge is 0.313 e. The van der Waals surface area contributed by atoms with Crippen LogP contribution in [0, 0.1) is 5.92 Å². The van der Waals surface area contributed by atoms with Gasteiger partial charge in [-0.15, -0.1) is 0 Å². The predicted molar refractivity (Wildman–Crippen MR) is 59.9 cm³/mol. The molecular formula is C11H19FN4. The van der Waals surface area contributed by atoms with Crippen LogP contribution in [0.5, 0.6) is 0 Å². The summed E-state index contributed by atoms with van der Waals surface area (Å²) in [5, 5.41) is 7.20. The van der Waals surface area contributed by atoms with Crippen molar-refractivity contribution in [3.05, 3.63) is 12.2 Å². The number of aromatic nitrogens is 3. The Hall–Kier alpha value is -0.970. The highest BCUT2D eigenvalue weighted by atomic mass is 19.1. The molecule has 16 heavy (non-hydrogen) atoms. The van der Waals surface area contributed by atoms with E-state index in [1.807, 2.05) is 4.68 Å². The molecule has 90 valence electrons. The van der Waals surface area contributed by atoms with Crippen molar-refractivity contribution in [3.63, 3.8) is 0 Å². The number of halogens is 1. The van der Waals surface area contributed by atoms with Crippen LogP contribution in [0.15, 0.2) is 6.33 Å². The van der Waals surface area contributed by atoms with Gasteiger partial charge in [-0.2, -0.15) is 5.10 Å². The second-order valence-electron chi connectivity index (χ2n) is 5.01. The van der Waals surface area contributed by atoms with Gasteiger partial charge in [0, 0.05) is 19.5 Å². The Labute approximate surface area is 95.3 Å². The standard InChI is InChI=1S/C11H19FN4/c1-9(2)6-16-10(14-8-15-16)5-11(12)3-4-13-7-11/h8-9,13H,3-7H2,1-2H3. The summed E-state index contributed by atoms with van der Waals surface area (Å²) in [6.45, 7) is 6.23. The molecule has 0 bridgehead atoms. The first-order valence-corrected chi connectivity index (χ1v) is 5.85. The van der Waals surface area contributed by atoms with E-state index in [0.717, 1.165) is 18.9 Å². The van der Waals surface area contributed by atoms with Crippen LogP contribution in [0.25, 0.3) is 0 Å². The van der Waals surface area contributed by atoms with E-state index < -0.39 is 5.67 Å². The molecule has 0 radical (unpaired) electrons. The molecule has 5 heteroatoms. The highest BCUT2D eigenvalue weighted by Crippen LogP contribution is 2.24. The van der Waals surface area contributed by atoms with Crippen molar-refractivity contribution < 1.29 is 4.39 Å². The summed E-state index contributed by atoms with van der Waals surface area (Å²) >= 11 is 0. The van der Waals surface area contributed by atoms with Gasteiger partial charge in [-0.3, -0.25) is 0 Å². The van der Waals surface area contributed by atoms with Gasteiger partial charge in [0.05, 0.1) is 0 Å². The van der Waals surface area contributed by atoms with Gasteiger partial charge in [-0.25, -0.2) is 14.1 Å². The molecule has 1 fully saturated rings. The van der Waals surface area contributed by atoms with E-state index in [1.54, 1.807) is 0 Å². The second kappa shape index (κ2) is 4.49. The lowest BCUT2D eigenvalue weighted by Gasteiger charge is -2.18. The zero-order chi connectivity index (χ0) is 11.6. The van der Waals surface area contributed by atoms with Gasteiger partial charge in [0.1, 0.15) is 17.8 Å². The molecule has 0 spiro atoms. The van der Waals surface area contributed by atoms with Gasteiger partial charge in [-0.1, -0.05) is 13.8 Å². The molecule has 1 aliphatic heterocycles. The van der Waals surface area contributed by atoms with Crippen LogP contribution >= 0.6 is 0 Å². The topological polar surface area (TPSA) is 42.7 Å². The monoisotopic (exact) mass is 226 g/mol. The van der Waals surface area contributed by atoms with Crippen molar-refractivity contribution in [2.45, 2.75) is 38.9 Å². The lowest BCUT2D eigenvalue weighted by Crippen LogP contribution is -2.30. The van der Waals surface area contributed by atoms with Crippen LogP contribution in [-0.2, 0) is 13.0 Å². The Morgan fingerprint density at radius 1 is 1.62 bits per heavy atom. The minimum atomic E-state index is -1.14. The first-order chi connectivity index (χ1) is 7.59. The molecule has 0 aromatic carbocycles. The fourth-order valence-corrected chi connectivity index (χ4v) is 2.07. The lowest BCUT2D eigenvalue weighted by atomic mass is 10.0. The number of hydrogen-bond acceptors (Lipinski definition) is 3. The Kier molecular flexibility index (Phi) is 3.23. The van der Waals surface area contributed by atoms with E-state index in [0.29, 0.717) is 25.3 Å². The first kappa shape index (κ1) is 11.5. The van der Waals surface area contributed by atoms with Crippen molar-refractivity contribution in [2.24, 2.45) is 5.92 Å². The van der Waals surface area contributed by atoms with E-state index in [-0.39, 0.29) is 0 Å². The van der Waals surface area contributed by atoms with Crippen LogP contribution in [0.3, 0.4) is 0 Å². The summed E-state index contributed by atoms with van der Waals surface area (Å²) in [7, 11) is 0. The molecule has 4 nitrogen and oxygen atoms in total. The molecule has 2 rings (SSSR count). The maximum atomic E-state index is 14.2. The molecule has 0 aliphatic carbocycles. The van der Waals surface area contributed by atoms with E-state index in [1.165, 1.54) is 6.33 Å². The molecule has 2 heterocycles. The smallest absolute Gasteiger partial charge is 0.138 e. The van der Waals surface area contributed by atoms with Crippen LogP contribution in [-0.4, -0.2) is 33.5 Å². The zero-order valence-electron chi connectivity index (χ0n) is 9.91. The first-order valence-electron chi connectivity index (χ1n) is 5.85. The van der Waals surface area contributed by atoms with Gasteiger partial charge in [0.25, 0.3) is 0 Å². The molecule has 1 saturated heterocycles. The summed E-state index contributed by atoms with van der Waals surface area (Å²) in [6.07, 6.45) is 2.46. The lowest BCUT2D eigenvalue weighted by molar-refractivity contribution is 0.183. The van der Waals surface area contributed by atoms with Crippen molar-refractivity contribution in [1.82, 2.24) is 20.1 Å². The molecule has 1 aliphatic rings. The van der Waals surface area contributed by atoms with Crippen LogP contribution in [0.4, 0.5) is 4.39 Å². The average molecular weight is 226 g/mol. The van der Waals surface area contributed by atoms with Gasteiger partial charge >= 0.3 is 0 Å². The van der Waals surface area contributed by atoms with Crippen LogP contribution in [0.1, 0.15) is 26.1 Å². The molecule has 1 atom stereocenters. The number of alkyl halides is 1. The molecule has 1 aromatic heterocycles. The molecular weight excluding hydrogens is 207 g/mol. The quantitative estimate of drug-likeness (QED) is 0.838. The molecule has 1 unspecified atom stereocenters. The maximum Gasteiger partial charge on any atom is 0.138 e. The molecule has 1 aromatic rings. The van der Waals surface area contributed by atoms with Crippen LogP contribution in [0.2, 0.25) is 0 Å². The van der Waals surface area contributed by atoms with E-state index >= 15 is 0 Å². The van der Waals surface area contributed by atoms with E-state index in [9.17, 15) is 4.39 Å². The van der Waals surface area contributed by atoms with Gasteiger partial charge in [0.2, 0.25) is 0 Å². The Morgan fingerprint density at radius 2 is 2.44 bits per heavy atom. The summed E-state index contributed by atoms with van der Waals surface area (Å²) in [6, 6.07) is 0. The average Bonchev–Trinajstić information content (AvgIpc) is 2.77. The number of nitrogens with one attached hydrogen (secondary N) is 1.